The molecule has 1 saturated heterocycles. The number of nitrogens with zero attached hydrogens (tertiary/aromatic N) is 1. The number of sulfonamides is 1. The SMILES string of the molecule is O=S(=O)(NCCCN1CCCOC(Cc2ccc(F)cc2)C1)c1ccc(Cl)cc1. The van der Waals surface area contributed by atoms with E-state index in [-0.39, 0.29) is 16.8 Å². The highest BCUT2D eigenvalue weighted by atomic mass is 35.5. The molecule has 0 spiro atoms. The highest BCUT2D eigenvalue weighted by Gasteiger charge is 2.19. The van der Waals surface area contributed by atoms with Crippen molar-refractivity contribution in [3.8, 4) is 0 Å². The van der Waals surface area contributed by atoms with E-state index in [4.69, 9.17) is 16.3 Å². The van der Waals surface area contributed by atoms with Crippen LogP contribution in [0.25, 0.3) is 0 Å². The third kappa shape index (κ3) is 7.04. The van der Waals surface area contributed by atoms with Crippen molar-refractivity contribution in [1.29, 1.82) is 0 Å². The second kappa shape index (κ2) is 10.5. The van der Waals surface area contributed by atoms with Crippen molar-refractivity contribution < 1.29 is 17.5 Å². The van der Waals surface area contributed by atoms with Crippen LogP contribution in [0.4, 0.5) is 4.39 Å². The number of hydrogen-bond acceptors (Lipinski definition) is 4. The summed E-state index contributed by atoms with van der Waals surface area (Å²) in [5, 5.41) is 0.502. The van der Waals surface area contributed by atoms with Gasteiger partial charge in [-0.2, -0.15) is 0 Å². The summed E-state index contributed by atoms with van der Waals surface area (Å²) >= 11 is 5.81. The quantitative estimate of drug-likeness (QED) is 0.638. The summed E-state index contributed by atoms with van der Waals surface area (Å²) in [4.78, 5) is 2.52. The second-order valence-electron chi connectivity index (χ2n) is 7.18. The molecule has 0 aliphatic carbocycles. The van der Waals surface area contributed by atoms with Crippen molar-refractivity contribution in [2.45, 2.75) is 30.3 Å². The van der Waals surface area contributed by atoms with E-state index >= 15 is 0 Å². The van der Waals surface area contributed by atoms with Crippen molar-refractivity contribution in [3.05, 3.63) is 64.9 Å². The summed E-state index contributed by atoms with van der Waals surface area (Å²) in [5.74, 6) is -0.238. The minimum atomic E-state index is -3.52. The maximum absolute atomic E-state index is 13.1. The molecule has 1 aliphatic heterocycles. The minimum Gasteiger partial charge on any atom is -0.376 e. The third-order valence-electron chi connectivity index (χ3n) is 4.88. The summed E-state index contributed by atoms with van der Waals surface area (Å²) in [7, 11) is -3.52. The van der Waals surface area contributed by atoms with Gasteiger partial charge in [-0.05, 0) is 67.8 Å². The first-order chi connectivity index (χ1) is 13.9. The third-order valence-corrected chi connectivity index (χ3v) is 6.61. The van der Waals surface area contributed by atoms with E-state index in [1.165, 1.54) is 24.3 Å². The van der Waals surface area contributed by atoms with E-state index in [0.717, 1.165) is 38.0 Å². The Morgan fingerprint density at radius 1 is 1.14 bits per heavy atom. The van der Waals surface area contributed by atoms with E-state index in [1.54, 1.807) is 24.3 Å². The van der Waals surface area contributed by atoms with Crippen LogP contribution < -0.4 is 4.72 Å². The molecule has 1 fully saturated rings. The Kier molecular flexibility index (Phi) is 8.03. The minimum absolute atomic E-state index is 0.0497. The summed E-state index contributed by atoms with van der Waals surface area (Å²) in [5.41, 5.74) is 1.05. The average molecular weight is 441 g/mol. The monoisotopic (exact) mass is 440 g/mol. The lowest BCUT2D eigenvalue weighted by molar-refractivity contribution is 0.0547. The van der Waals surface area contributed by atoms with Gasteiger partial charge in [-0.15, -0.1) is 0 Å². The molecule has 2 aromatic rings. The fourth-order valence-corrected chi connectivity index (χ4v) is 4.59. The molecule has 0 amide bonds. The summed E-state index contributed by atoms with van der Waals surface area (Å²) in [6, 6.07) is 12.6. The Morgan fingerprint density at radius 2 is 1.86 bits per heavy atom. The molecule has 1 heterocycles. The number of hydrogen-bond donors (Lipinski definition) is 1. The summed E-state index contributed by atoms with van der Waals surface area (Å²) in [6.45, 7) is 3.55. The number of benzene rings is 2. The average Bonchev–Trinajstić information content (AvgIpc) is 2.92. The van der Waals surface area contributed by atoms with E-state index in [0.29, 0.717) is 24.6 Å². The van der Waals surface area contributed by atoms with Crippen molar-refractivity contribution >= 4 is 21.6 Å². The lowest BCUT2D eigenvalue weighted by atomic mass is 10.1. The van der Waals surface area contributed by atoms with E-state index in [9.17, 15) is 12.8 Å². The van der Waals surface area contributed by atoms with Crippen LogP contribution in [-0.2, 0) is 21.2 Å². The predicted molar refractivity (Wildman–Crippen MR) is 112 cm³/mol. The molecule has 1 N–H and O–H groups in total. The zero-order chi connectivity index (χ0) is 20.7. The van der Waals surface area contributed by atoms with Gasteiger partial charge in [-0.1, -0.05) is 23.7 Å². The van der Waals surface area contributed by atoms with E-state index < -0.39 is 10.0 Å². The van der Waals surface area contributed by atoms with E-state index in [2.05, 4.69) is 9.62 Å². The number of halogens is 2. The molecule has 3 rings (SSSR count). The highest BCUT2D eigenvalue weighted by molar-refractivity contribution is 7.89. The van der Waals surface area contributed by atoms with Crippen LogP contribution in [0.5, 0.6) is 0 Å². The van der Waals surface area contributed by atoms with Gasteiger partial charge in [0.2, 0.25) is 10.0 Å². The van der Waals surface area contributed by atoms with Gasteiger partial charge in [0, 0.05) is 31.3 Å². The molecular weight excluding hydrogens is 415 g/mol. The normalized spacial score (nSPS) is 18.5. The number of nitrogens with one attached hydrogen (secondary N) is 1. The first-order valence-corrected chi connectivity index (χ1v) is 11.6. The van der Waals surface area contributed by atoms with Crippen molar-refractivity contribution in [3.63, 3.8) is 0 Å². The topological polar surface area (TPSA) is 58.6 Å². The molecule has 2 aromatic carbocycles. The molecular formula is C21H26ClFN2O3S. The number of ether oxygens (including phenoxy) is 1. The highest BCUT2D eigenvalue weighted by Crippen LogP contribution is 2.15. The van der Waals surface area contributed by atoms with Crippen LogP contribution in [0.2, 0.25) is 5.02 Å². The molecule has 1 atom stereocenters. The summed E-state index contributed by atoms with van der Waals surface area (Å²) in [6.07, 6.45) is 2.43. The molecule has 0 radical (unpaired) electrons. The molecule has 1 unspecified atom stereocenters. The van der Waals surface area contributed by atoms with Gasteiger partial charge in [-0.3, -0.25) is 0 Å². The zero-order valence-corrected chi connectivity index (χ0v) is 17.8. The van der Waals surface area contributed by atoms with Crippen molar-refractivity contribution in [2.24, 2.45) is 0 Å². The Hall–Kier alpha value is -1.51. The van der Waals surface area contributed by atoms with Crippen molar-refractivity contribution in [1.82, 2.24) is 9.62 Å². The number of rotatable bonds is 8. The van der Waals surface area contributed by atoms with Crippen LogP contribution in [0, 0.1) is 5.82 Å². The first-order valence-electron chi connectivity index (χ1n) is 9.76. The van der Waals surface area contributed by atoms with Crippen molar-refractivity contribution in [2.75, 3.05) is 32.8 Å². The first kappa shape index (κ1) is 22.2. The molecule has 0 bridgehead atoms. The Labute approximate surface area is 176 Å². The van der Waals surface area contributed by atoms with Crippen LogP contribution in [0.1, 0.15) is 18.4 Å². The summed E-state index contributed by atoms with van der Waals surface area (Å²) < 4.78 is 46.3. The lowest BCUT2D eigenvalue weighted by Gasteiger charge is -2.24. The maximum atomic E-state index is 13.1. The molecule has 5 nitrogen and oxygen atoms in total. The van der Waals surface area contributed by atoms with E-state index in [1.807, 2.05) is 0 Å². The second-order valence-corrected chi connectivity index (χ2v) is 9.39. The standard InChI is InChI=1S/C21H26ClFN2O3S/c22-18-5-9-21(10-6-18)29(26,27)24-11-1-12-25-13-2-14-28-20(16-25)15-17-3-7-19(23)8-4-17/h3-10,20,24H,1-2,11-16H2. The van der Waals surface area contributed by atoms with Gasteiger partial charge in [0.05, 0.1) is 11.0 Å². The molecule has 29 heavy (non-hydrogen) atoms. The van der Waals surface area contributed by atoms with Gasteiger partial charge < -0.3 is 9.64 Å². The predicted octanol–water partition coefficient (Wildman–Crippen LogP) is 3.48. The lowest BCUT2D eigenvalue weighted by Crippen LogP contribution is -2.35. The van der Waals surface area contributed by atoms with Crippen LogP contribution >= 0.6 is 11.6 Å². The van der Waals surface area contributed by atoms with Crippen LogP contribution in [0.3, 0.4) is 0 Å². The molecule has 0 saturated carbocycles. The van der Waals surface area contributed by atoms with Gasteiger partial charge in [0.1, 0.15) is 5.82 Å². The molecule has 1 aliphatic rings. The largest absolute Gasteiger partial charge is 0.376 e. The Bertz CT molecular complexity index is 876. The van der Waals surface area contributed by atoms with Gasteiger partial charge in [-0.25, -0.2) is 17.5 Å². The molecule has 158 valence electrons. The Balaban J connectivity index is 1.45. The maximum Gasteiger partial charge on any atom is 0.240 e. The van der Waals surface area contributed by atoms with Crippen LogP contribution in [0.15, 0.2) is 53.4 Å². The zero-order valence-electron chi connectivity index (χ0n) is 16.2. The molecule has 0 aromatic heterocycles. The van der Waals surface area contributed by atoms with Gasteiger partial charge in [0.25, 0.3) is 0 Å². The smallest absolute Gasteiger partial charge is 0.240 e. The fraction of sp³-hybridized carbons (Fsp3) is 0.429. The fourth-order valence-electron chi connectivity index (χ4n) is 3.39. The van der Waals surface area contributed by atoms with Crippen LogP contribution in [-0.4, -0.2) is 52.2 Å². The van der Waals surface area contributed by atoms with Gasteiger partial charge in [0.15, 0.2) is 0 Å². The Morgan fingerprint density at radius 3 is 2.59 bits per heavy atom. The molecule has 8 heteroatoms. The van der Waals surface area contributed by atoms with Gasteiger partial charge >= 0.3 is 0 Å².